The number of amides is 1. The van der Waals surface area contributed by atoms with Crippen LogP contribution >= 0.6 is 0 Å². The molecule has 0 saturated heterocycles. The average Bonchev–Trinajstić information content (AvgIpc) is 3.51. The normalized spacial score (nSPS) is 15.7. The van der Waals surface area contributed by atoms with E-state index in [2.05, 4.69) is 10.4 Å². The predicted octanol–water partition coefficient (Wildman–Crippen LogP) is 4.77. The van der Waals surface area contributed by atoms with Crippen molar-refractivity contribution in [3.63, 3.8) is 0 Å². The molecule has 0 aliphatic carbocycles. The fraction of sp³-hybridized carbons (Fsp3) is 0.280. The number of aryl methyl sites for hydroxylation is 1. The van der Waals surface area contributed by atoms with Crippen LogP contribution in [0.5, 0.6) is 5.75 Å². The van der Waals surface area contributed by atoms with Gasteiger partial charge in [-0.3, -0.25) is 4.79 Å². The molecular formula is C25H24F3N3O4. The van der Waals surface area contributed by atoms with E-state index in [1.165, 1.54) is 23.4 Å². The monoisotopic (exact) mass is 487 g/mol. The zero-order chi connectivity index (χ0) is 25.0. The third kappa shape index (κ3) is 5.65. The molecule has 3 aromatic rings. The zero-order valence-electron chi connectivity index (χ0n) is 18.9. The van der Waals surface area contributed by atoms with Crippen molar-refractivity contribution in [2.45, 2.75) is 25.6 Å². The number of carbonyl (C=O) groups is 1. The van der Waals surface area contributed by atoms with E-state index in [0.29, 0.717) is 17.9 Å². The molecule has 1 unspecified atom stereocenters. The van der Waals surface area contributed by atoms with E-state index in [1.807, 2.05) is 31.2 Å². The number of aliphatic hydroxyl groups is 1. The number of carbonyl (C=O) groups excluding carboxylic acids is 1. The molecule has 1 amide bonds. The SMILES string of the molecule is Cc1ccc(C2=NN(C(=O)CNc3ccc(OCCO)cc3C(F)(F)F)C(c3ccco3)C2)cc1. The molecule has 35 heavy (non-hydrogen) atoms. The van der Waals surface area contributed by atoms with Crippen molar-refractivity contribution in [1.29, 1.82) is 0 Å². The van der Waals surface area contributed by atoms with Crippen LogP contribution in [-0.4, -0.2) is 41.5 Å². The second-order valence-corrected chi connectivity index (χ2v) is 8.02. The molecular weight excluding hydrogens is 463 g/mol. The highest BCUT2D eigenvalue weighted by Crippen LogP contribution is 2.38. The van der Waals surface area contributed by atoms with Gasteiger partial charge in [0, 0.05) is 12.1 Å². The van der Waals surface area contributed by atoms with Crippen LogP contribution in [0.3, 0.4) is 0 Å². The van der Waals surface area contributed by atoms with Crippen LogP contribution in [0.15, 0.2) is 70.4 Å². The molecule has 2 N–H and O–H groups in total. The quantitative estimate of drug-likeness (QED) is 0.478. The number of aliphatic hydroxyl groups excluding tert-OH is 1. The van der Waals surface area contributed by atoms with Gasteiger partial charge in [0.1, 0.15) is 24.2 Å². The molecule has 2 aromatic carbocycles. The maximum absolute atomic E-state index is 13.6. The molecule has 1 aliphatic rings. The fourth-order valence-corrected chi connectivity index (χ4v) is 3.78. The van der Waals surface area contributed by atoms with Crippen molar-refractivity contribution in [3.8, 4) is 5.75 Å². The molecule has 2 heterocycles. The summed E-state index contributed by atoms with van der Waals surface area (Å²) in [4.78, 5) is 13.1. The van der Waals surface area contributed by atoms with Crippen LogP contribution in [0, 0.1) is 6.92 Å². The summed E-state index contributed by atoms with van der Waals surface area (Å²) < 4.78 is 51.4. The smallest absolute Gasteiger partial charge is 0.418 e. The average molecular weight is 487 g/mol. The lowest BCUT2D eigenvalue weighted by Crippen LogP contribution is -2.32. The van der Waals surface area contributed by atoms with E-state index < -0.39 is 30.2 Å². The minimum atomic E-state index is -4.68. The first kappa shape index (κ1) is 24.3. The number of halogens is 3. The summed E-state index contributed by atoms with van der Waals surface area (Å²) in [6.07, 6.45) is -2.77. The van der Waals surface area contributed by atoms with Crippen LogP contribution in [0.2, 0.25) is 0 Å². The molecule has 7 nitrogen and oxygen atoms in total. The third-order valence-electron chi connectivity index (χ3n) is 5.51. The number of hydrazone groups is 1. The lowest BCUT2D eigenvalue weighted by atomic mass is 10.0. The Hall–Kier alpha value is -3.79. The number of rotatable bonds is 8. The molecule has 0 spiro atoms. The van der Waals surface area contributed by atoms with E-state index in [-0.39, 0.29) is 24.7 Å². The summed E-state index contributed by atoms with van der Waals surface area (Å²) in [5, 5.41) is 17.2. The van der Waals surface area contributed by atoms with E-state index >= 15 is 0 Å². The van der Waals surface area contributed by atoms with Gasteiger partial charge in [-0.05, 0) is 42.8 Å². The van der Waals surface area contributed by atoms with Crippen molar-refractivity contribution < 1.29 is 32.2 Å². The molecule has 1 aromatic heterocycles. The van der Waals surface area contributed by atoms with Crippen LogP contribution in [0.1, 0.15) is 34.9 Å². The molecule has 184 valence electrons. The number of furan rings is 1. The van der Waals surface area contributed by atoms with E-state index in [0.717, 1.165) is 17.2 Å². The van der Waals surface area contributed by atoms with E-state index in [4.69, 9.17) is 14.3 Å². The van der Waals surface area contributed by atoms with Gasteiger partial charge in [0.2, 0.25) is 0 Å². The number of nitrogens with one attached hydrogen (secondary N) is 1. The molecule has 0 fully saturated rings. The van der Waals surface area contributed by atoms with Gasteiger partial charge in [-0.15, -0.1) is 0 Å². The van der Waals surface area contributed by atoms with Gasteiger partial charge in [0.15, 0.2) is 0 Å². The lowest BCUT2D eigenvalue weighted by molar-refractivity contribution is -0.137. The van der Waals surface area contributed by atoms with Crippen LogP contribution in [0.4, 0.5) is 18.9 Å². The summed E-state index contributed by atoms with van der Waals surface area (Å²) in [5.74, 6) is -0.0131. The highest BCUT2D eigenvalue weighted by molar-refractivity contribution is 6.03. The first-order chi connectivity index (χ1) is 16.8. The summed E-state index contributed by atoms with van der Waals surface area (Å²) >= 11 is 0. The summed E-state index contributed by atoms with van der Waals surface area (Å²) in [6.45, 7) is 1.09. The van der Waals surface area contributed by atoms with Gasteiger partial charge in [-0.25, -0.2) is 5.01 Å². The van der Waals surface area contributed by atoms with Gasteiger partial charge < -0.3 is 19.6 Å². The zero-order valence-corrected chi connectivity index (χ0v) is 18.9. The number of nitrogens with zero attached hydrogens (tertiary/aromatic N) is 2. The van der Waals surface area contributed by atoms with Gasteiger partial charge in [-0.2, -0.15) is 18.3 Å². The Bertz CT molecular complexity index is 1190. The Labute approximate surface area is 199 Å². The second-order valence-electron chi connectivity index (χ2n) is 8.02. The van der Waals surface area contributed by atoms with Crippen LogP contribution in [0.25, 0.3) is 0 Å². The highest BCUT2D eigenvalue weighted by Gasteiger charge is 2.36. The van der Waals surface area contributed by atoms with Crippen LogP contribution in [-0.2, 0) is 11.0 Å². The first-order valence-corrected chi connectivity index (χ1v) is 10.9. The fourth-order valence-electron chi connectivity index (χ4n) is 3.78. The largest absolute Gasteiger partial charge is 0.491 e. The molecule has 1 aliphatic heterocycles. The van der Waals surface area contributed by atoms with Crippen molar-refractivity contribution in [2.75, 3.05) is 25.1 Å². The van der Waals surface area contributed by atoms with Gasteiger partial charge in [-0.1, -0.05) is 29.8 Å². The number of anilines is 1. The number of benzene rings is 2. The Balaban J connectivity index is 1.55. The minimum absolute atomic E-state index is 0.0342. The van der Waals surface area contributed by atoms with E-state index in [1.54, 1.807) is 12.1 Å². The standard InChI is InChI=1S/C25H24F3N3O4/c1-16-4-6-17(7-5-16)21-14-22(23-3-2-11-35-23)31(30-21)24(33)15-29-20-9-8-18(34-12-10-32)13-19(20)25(26,27)28/h2-9,11,13,22,29,32H,10,12,14-15H2,1H3. The van der Waals surface area contributed by atoms with Crippen molar-refractivity contribution >= 4 is 17.3 Å². The van der Waals surface area contributed by atoms with Gasteiger partial charge >= 0.3 is 6.18 Å². The molecule has 4 rings (SSSR count). The number of alkyl halides is 3. The molecule has 1 atom stereocenters. The molecule has 10 heteroatoms. The molecule has 0 saturated carbocycles. The van der Waals surface area contributed by atoms with Crippen molar-refractivity contribution in [3.05, 3.63) is 83.3 Å². The topological polar surface area (TPSA) is 87.3 Å². The van der Waals surface area contributed by atoms with Crippen molar-refractivity contribution in [2.24, 2.45) is 5.10 Å². The predicted molar refractivity (Wildman–Crippen MR) is 123 cm³/mol. The number of hydrogen-bond donors (Lipinski definition) is 2. The number of hydrogen-bond acceptors (Lipinski definition) is 6. The third-order valence-corrected chi connectivity index (χ3v) is 5.51. The van der Waals surface area contributed by atoms with Crippen LogP contribution < -0.4 is 10.1 Å². The minimum Gasteiger partial charge on any atom is -0.491 e. The summed E-state index contributed by atoms with van der Waals surface area (Å²) in [6, 6.07) is 14.0. The molecule has 0 radical (unpaired) electrons. The summed E-state index contributed by atoms with van der Waals surface area (Å²) in [7, 11) is 0. The van der Waals surface area contributed by atoms with Gasteiger partial charge in [0.25, 0.3) is 5.91 Å². The Kier molecular flexibility index (Phi) is 7.11. The Morgan fingerprint density at radius 2 is 2.00 bits per heavy atom. The first-order valence-electron chi connectivity index (χ1n) is 10.9. The Morgan fingerprint density at radius 3 is 2.66 bits per heavy atom. The number of ether oxygens (including phenoxy) is 1. The molecule has 0 bridgehead atoms. The highest BCUT2D eigenvalue weighted by atomic mass is 19.4. The summed E-state index contributed by atoms with van der Waals surface area (Å²) in [5.41, 5.74) is 1.38. The second kappa shape index (κ2) is 10.2. The van der Waals surface area contributed by atoms with Crippen molar-refractivity contribution in [1.82, 2.24) is 5.01 Å². The van der Waals surface area contributed by atoms with Gasteiger partial charge in [0.05, 0.1) is 30.7 Å². The maximum atomic E-state index is 13.6. The lowest BCUT2D eigenvalue weighted by Gasteiger charge is -2.21. The Morgan fingerprint density at radius 1 is 1.23 bits per heavy atom. The van der Waals surface area contributed by atoms with E-state index in [9.17, 15) is 18.0 Å². The maximum Gasteiger partial charge on any atom is 0.418 e.